The van der Waals surface area contributed by atoms with Gasteiger partial charge < -0.3 is 4.98 Å². The van der Waals surface area contributed by atoms with E-state index in [4.69, 9.17) is 5.26 Å². The molecule has 0 amide bonds. The summed E-state index contributed by atoms with van der Waals surface area (Å²) in [7, 11) is -3.68. The van der Waals surface area contributed by atoms with Crippen molar-refractivity contribution >= 4 is 38.0 Å². The Bertz CT molecular complexity index is 964. The molecule has 1 aromatic carbocycles. The number of para-hydroxylation sites is 1. The minimum Gasteiger partial charge on any atom is -0.358 e. The van der Waals surface area contributed by atoms with Crippen molar-refractivity contribution in [3.8, 4) is 6.07 Å². The van der Waals surface area contributed by atoms with Gasteiger partial charge in [0.2, 0.25) is 0 Å². The number of nitrogens with one attached hydrogen (secondary N) is 2. The van der Waals surface area contributed by atoms with E-state index >= 15 is 0 Å². The van der Waals surface area contributed by atoms with Crippen LogP contribution in [0, 0.1) is 18.3 Å². The van der Waals surface area contributed by atoms with E-state index in [0.717, 1.165) is 11.3 Å². The van der Waals surface area contributed by atoms with Crippen LogP contribution < -0.4 is 4.72 Å². The van der Waals surface area contributed by atoms with E-state index in [1.807, 2.05) is 0 Å². The number of thiazole rings is 1. The molecule has 0 spiro atoms. The Labute approximate surface area is 125 Å². The van der Waals surface area contributed by atoms with Gasteiger partial charge in [-0.25, -0.2) is 13.4 Å². The molecule has 0 radical (unpaired) electrons. The number of sulfonamides is 1. The predicted octanol–water partition coefficient (Wildman–Crippen LogP) is 2.61. The van der Waals surface area contributed by atoms with Crippen molar-refractivity contribution in [1.82, 2.24) is 9.97 Å². The van der Waals surface area contributed by atoms with Crippen molar-refractivity contribution < 1.29 is 8.42 Å². The summed E-state index contributed by atoms with van der Waals surface area (Å²) in [5, 5.41) is 10.4. The molecule has 2 aromatic heterocycles. The van der Waals surface area contributed by atoms with E-state index in [-0.39, 0.29) is 4.21 Å². The molecular formula is C13H10N4O2S2. The van der Waals surface area contributed by atoms with Gasteiger partial charge in [0.1, 0.15) is 6.07 Å². The second kappa shape index (κ2) is 4.87. The first-order valence-corrected chi connectivity index (χ1v) is 8.26. The van der Waals surface area contributed by atoms with Gasteiger partial charge in [0.15, 0.2) is 4.21 Å². The number of hydrogen-bond donors (Lipinski definition) is 2. The molecule has 6 nitrogen and oxygen atoms in total. The fourth-order valence-corrected chi connectivity index (χ4v) is 4.17. The first-order chi connectivity index (χ1) is 10.0. The number of hydrogen-bond acceptors (Lipinski definition) is 5. The summed E-state index contributed by atoms with van der Waals surface area (Å²) in [5.74, 6) is 0. The van der Waals surface area contributed by atoms with Crippen molar-refractivity contribution in [2.24, 2.45) is 0 Å². The molecule has 0 aliphatic heterocycles. The number of benzene rings is 1. The number of aryl methyl sites for hydroxylation is 1. The minimum atomic E-state index is -3.68. The lowest BCUT2D eigenvalue weighted by molar-refractivity contribution is 0.603. The zero-order valence-corrected chi connectivity index (χ0v) is 12.5. The molecule has 8 heteroatoms. The van der Waals surface area contributed by atoms with Crippen LogP contribution in [0.1, 0.15) is 10.6 Å². The van der Waals surface area contributed by atoms with E-state index in [0.29, 0.717) is 27.2 Å². The van der Waals surface area contributed by atoms with Crippen molar-refractivity contribution in [3.05, 3.63) is 41.2 Å². The number of nitrogens with zero attached hydrogens (tertiary/aromatic N) is 2. The summed E-state index contributed by atoms with van der Waals surface area (Å²) in [4.78, 5) is 6.88. The summed E-state index contributed by atoms with van der Waals surface area (Å²) in [6, 6.07) is 7.17. The monoisotopic (exact) mass is 318 g/mol. The van der Waals surface area contributed by atoms with Crippen molar-refractivity contribution in [1.29, 1.82) is 5.26 Å². The molecule has 0 saturated heterocycles. The Morgan fingerprint density at radius 3 is 2.90 bits per heavy atom. The molecule has 0 atom stereocenters. The largest absolute Gasteiger partial charge is 0.358 e. The van der Waals surface area contributed by atoms with E-state index in [9.17, 15) is 8.42 Å². The van der Waals surface area contributed by atoms with Gasteiger partial charge in [-0.1, -0.05) is 12.1 Å². The maximum atomic E-state index is 12.3. The van der Waals surface area contributed by atoms with E-state index in [1.165, 1.54) is 6.20 Å². The smallest absolute Gasteiger partial charge is 0.273 e. The second-order valence-corrected chi connectivity index (χ2v) is 7.49. The number of H-pyrrole nitrogens is 1. The number of nitriles is 1. The van der Waals surface area contributed by atoms with Crippen LogP contribution >= 0.6 is 11.3 Å². The van der Waals surface area contributed by atoms with Gasteiger partial charge in [-0.2, -0.15) is 5.26 Å². The predicted molar refractivity (Wildman–Crippen MR) is 80.7 cm³/mol. The SMILES string of the molecule is Cc1ncc(S(=O)(=O)Nc2cccc3c(C#N)c[nH]c23)s1. The van der Waals surface area contributed by atoms with E-state index in [2.05, 4.69) is 20.8 Å². The molecule has 106 valence electrons. The highest BCUT2D eigenvalue weighted by atomic mass is 32.2. The average molecular weight is 318 g/mol. The lowest BCUT2D eigenvalue weighted by Crippen LogP contribution is -2.11. The number of fused-ring (bicyclic) bond motifs is 1. The number of aromatic nitrogens is 2. The Balaban J connectivity index is 2.06. The Hall–Kier alpha value is -2.37. The van der Waals surface area contributed by atoms with Crippen LogP contribution in [-0.4, -0.2) is 18.4 Å². The van der Waals surface area contributed by atoms with Crippen LogP contribution in [0.3, 0.4) is 0 Å². The normalized spacial score (nSPS) is 11.4. The molecule has 0 aliphatic rings. The molecule has 0 aliphatic carbocycles. The van der Waals surface area contributed by atoms with Gasteiger partial charge in [0.25, 0.3) is 10.0 Å². The molecule has 0 unspecified atom stereocenters. The van der Waals surface area contributed by atoms with Crippen LogP contribution in [0.4, 0.5) is 5.69 Å². The minimum absolute atomic E-state index is 0.157. The van der Waals surface area contributed by atoms with Gasteiger partial charge in [-0.3, -0.25) is 4.72 Å². The fourth-order valence-electron chi connectivity index (χ4n) is 1.99. The third-order valence-corrected chi connectivity index (χ3v) is 5.68. The van der Waals surface area contributed by atoms with Crippen LogP contribution in [0.5, 0.6) is 0 Å². The van der Waals surface area contributed by atoms with Gasteiger partial charge in [-0.15, -0.1) is 11.3 Å². The van der Waals surface area contributed by atoms with Crippen LogP contribution in [0.2, 0.25) is 0 Å². The summed E-state index contributed by atoms with van der Waals surface area (Å²) in [6.45, 7) is 1.74. The highest BCUT2D eigenvalue weighted by Gasteiger charge is 2.19. The zero-order chi connectivity index (χ0) is 15.0. The van der Waals surface area contributed by atoms with E-state index in [1.54, 1.807) is 31.3 Å². The van der Waals surface area contributed by atoms with Crippen LogP contribution in [0.25, 0.3) is 10.9 Å². The van der Waals surface area contributed by atoms with E-state index < -0.39 is 10.0 Å². The van der Waals surface area contributed by atoms with Crippen molar-refractivity contribution in [3.63, 3.8) is 0 Å². The van der Waals surface area contributed by atoms with Crippen LogP contribution in [0.15, 0.2) is 34.8 Å². The fraction of sp³-hybridized carbons (Fsp3) is 0.0769. The number of anilines is 1. The summed E-state index contributed by atoms with van der Waals surface area (Å²) < 4.78 is 27.3. The lowest BCUT2D eigenvalue weighted by atomic mass is 10.2. The Morgan fingerprint density at radius 1 is 1.43 bits per heavy atom. The van der Waals surface area contributed by atoms with Crippen molar-refractivity contribution in [2.45, 2.75) is 11.1 Å². The van der Waals surface area contributed by atoms with Gasteiger partial charge in [0.05, 0.1) is 28.0 Å². The highest BCUT2D eigenvalue weighted by Crippen LogP contribution is 2.28. The molecule has 21 heavy (non-hydrogen) atoms. The number of rotatable bonds is 3. The molecule has 2 heterocycles. The summed E-state index contributed by atoms with van der Waals surface area (Å²) in [5.41, 5.74) is 1.46. The molecule has 3 rings (SSSR count). The maximum absolute atomic E-state index is 12.3. The molecule has 2 N–H and O–H groups in total. The first kappa shape index (κ1) is 13.6. The highest BCUT2D eigenvalue weighted by molar-refractivity contribution is 7.94. The second-order valence-electron chi connectivity index (χ2n) is 4.35. The topological polar surface area (TPSA) is 98.6 Å². The maximum Gasteiger partial charge on any atom is 0.273 e. The molecule has 3 aromatic rings. The Morgan fingerprint density at radius 2 is 2.24 bits per heavy atom. The molecule has 0 bridgehead atoms. The molecule has 0 saturated carbocycles. The lowest BCUT2D eigenvalue weighted by Gasteiger charge is -2.07. The van der Waals surface area contributed by atoms with Crippen LogP contribution in [-0.2, 0) is 10.0 Å². The van der Waals surface area contributed by atoms with Gasteiger partial charge in [-0.05, 0) is 13.0 Å². The van der Waals surface area contributed by atoms with Crippen molar-refractivity contribution in [2.75, 3.05) is 4.72 Å². The standard InChI is InChI=1S/C13H10N4O2S2/c1-8-15-7-12(20-8)21(18,19)17-11-4-2-3-10-9(5-14)6-16-13(10)11/h2-4,6-7,16-17H,1H3. The first-order valence-electron chi connectivity index (χ1n) is 5.97. The molecule has 0 fully saturated rings. The quantitative estimate of drug-likeness (QED) is 0.775. The zero-order valence-electron chi connectivity index (χ0n) is 10.9. The third-order valence-electron chi connectivity index (χ3n) is 2.95. The summed E-state index contributed by atoms with van der Waals surface area (Å²) in [6.07, 6.45) is 2.89. The van der Waals surface area contributed by atoms with Gasteiger partial charge in [0, 0.05) is 11.6 Å². The molecular weight excluding hydrogens is 308 g/mol. The number of aromatic amines is 1. The van der Waals surface area contributed by atoms with Gasteiger partial charge >= 0.3 is 0 Å². The Kier molecular flexibility index (Phi) is 3.16. The summed E-state index contributed by atoms with van der Waals surface area (Å²) >= 11 is 1.10. The third kappa shape index (κ3) is 2.37. The average Bonchev–Trinajstić information content (AvgIpc) is 3.05.